The molecule has 18 heavy (non-hydrogen) atoms. The maximum absolute atomic E-state index is 12.3. The first-order chi connectivity index (χ1) is 8.43. The summed E-state index contributed by atoms with van der Waals surface area (Å²) in [5.41, 5.74) is -0.731. The van der Waals surface area contributed by atoms with Crippen LogP contribution in [0, 0.1) is 17.8 Å². The summed E-state index contributed by atoms with van der Waals surface area (Å²) in [6, 6.07) is 0. The van der Waals surface area contributed by atoms with Crippen LogP contribution in [0.1, 0.15) is 32.6 Å². The van der Waals surface area contributed by atoms with Gasteiger partial charge in [0.2, 0.25) is 0 Å². The summed E-state index contributed by atoms with van der Waals surface area (Å²) in [5, 5.41) is 0. The summed E-state index contributed by atoms with van der Waals surface area (Å²) in [7, 11) is 0. The highest BCUT2D eigenvalue weighted by Gasteiger charge is 2.62. The van der Waals surface area contributed by atoms with Crippen molar-refractivity contribution in [1.29, 1.82) is 0 Å². The highest BCUT2D eigenvalue weighted by atomic mass is 16.6. The molecular weight excluding hydrogens is 232 g/mol. The highest BCUT2D eigenvalue weighted by Crippen LogP contribution is 2.53. The van der Waals surface area contributed by atoms with Crippen molar-refractivity contribution in [2.75, 3.05) is 0 Å². The van der Waals surface area contributed by atoms with E-state index in [1.807, 2.05) is 0 Å². The number of hydrogen-bond acceptors (Lipinski definition) is 4. The number of Topliss-reactive ketones (excluding diaryl/α,β-unsaturated/α-hetero) is 2. The predicted octanol–water partition coefficient (Wildman–Crippen LogP) is 1.43. The summed E-state index contributed by atoms with van der Waals surface area (Å²) in [4.78, 5) is 36.0. The van der Waals surface area contributed by atoms with E-state index in [0.717, 1.165) is 6.42 Å². The lowest BCUT2D eigenvalue weighted by molar-refractivity contribution is -0.190. The van der Waals surface area contributed by atoms with E-state index in [-0.39, 0.29) is 17.5 Å². The zero-order valence-corrected chi connectivity index (χ0v) is 10.4. The van der Waals surface area contributed by atoms with Crippen LogP contribution in [0.15, 0.2) is 12.2 Å². The molecule has 0 amide bonds. The number of carbonyl (C=O) groups excluding carboxylic acids is 3. The molecule has 4 fully saturated rings. The van der Waals surface area contributed by atoms with Crippen molar-refractivity contribution in [2.45, 2.75) is 38.2 Å². The Labute approximate surface area is 105 Å². The van der Waals surface area contributed by atoms with Gasteiger partial charge in [-0.1, -0.05) is 6.58 Å². The summed E-state index contributed by atoms with van der Waals surface area (Å²) in [5.74, 6) is -0.876. The molecule has 4 bridgehead atoms. The first kappa shape index (κ1) is 11.6. The molecule has 0 saturated heterocycles. The maximum atomic E-state index is 12.3. The number of hydrogen-bond donors (Lipinski definition) is 0. The van der Waals surface area contributed by atoms with Crippen LogP contribution in [0.25, 0.3) is 0 Å². The van der Waals surface area contributed by atoms with E-state index in [9.17, 15) is 14.4 Å². The average molecular weight is 248 g/mol. The Balaban J connectivity index is 1.93. The van der Waals surface area contributed by atoms with Crippen molar-refractivity contribution in [3.63, 3.8) is 0 Å². The van der Waals surface area contributed by atoms with Crippen LogP contribution in [-0.4, -0.2) is 23.1 Å². The fourth-order valence-corrected chi connectivity index (χ4v) is 3.80. The minimum absolute atomic E-state index is 0.0675. The van der Waals surface area contributed by atoms with Crippen LogP contribution in [0.4, 0.5) is 0 Å². The van der Waals surface area contributed by atoms with E-state index in [4.69, 9.17) is 4.74 Å². The minimum atomic E-state index is -1.03. The normalized spacial score (nSPS) is 41.1. The Morgan fingerprint density at radius 1 is 1.33 bits per heavy atom. The van der Waals surface area contributed by atoms with Gasteiger partial charge < -0.3 is 4.74 Å². The Bertz CT molecular complexity index is 478. The monoisotopic (exact) mass is 248 g/mol. The van der Waals surface area contributed by atoms with Crippen LogP contribution < -0.4 is 0 Å². The van der Waals surface area contributed by atoms with E-state index < -0.39 is 17.5 Å². The van der Waals surface area contributed by atoms with Crippen molar-refractivity contribution >= 4 is 17.5 Å². The minimum Gasteiger partial charge on any atom is -0.448 e. The number of esters is 1. The molecule has 4 saturated carbocycles. The molecule has 0 radical (unpaired) electrons. The van der Waals surface area contributed by atoms with Crippen molar-refractivity contribution in [2.24, 2.45) is 17.8 Å². The zero-order chi connectivity index (χ0) is 13.1. The van der Waals surface area contributed by atoms with Gasteiger partial charge in [-0.2, -0.15) is 0 Å². The highest BCUT2D eigenvalue weighted by molar-refractivity contribution is 6.11. The first-order valence-electron chi connectivity index (χ1n) is 6.40. The van der Waals surface area contributed by atoms with Gasteiger partial charge >= 0.3 is 5.97 Å². The topological polar surface area (TPSA) is 60.4 Å². The lowest BCUT2D eigenvalue weighted by Crippen LogP contribution is -2.63. The predicted molar refractivity (Wildman–Crippen MR) is 62.6 cm³/mol. The number of ketones is 2. The number of rotatable bonds is 2. The van der Waals surface area contributed by atoms with Gasteiger partial charge in [-0.25, -0.2) is 4.79 Å². The second-order valence-electron chi connectivity index (χ2n) is 5.93. The Kier molecular flexibility index (Phi) is 2.28. The molecule has 0 aromatic carbocycles. The second kappa shape index (κ2) is 3.53. The van der Waals surface area contributed by atoms with Crippen molar-refractivity contribution in [1.82, 2.24) is 0 Å². The van der Waals surface area contributed by atoms with Gasteiger partial charge in [0, 0.05) is 17.9 Å². The van der Waals surface area contributed by atoms with Gasteiger partial charge in [0.15, 0.2) is 11.4 Å². The third-order valence-corrected chi connectivity index (χ3v) is 4.53. The largest absolute Gasteiger partial charge is 0.448 e. The third kappa shape index (κ3) is 1.41. The smallest absolute Gasteiger partial charge is 0.334 e. The lowest BCUT2D eigenvalue weighted by atomic mass is 9.53. The van der Waals surface area contributed by atoms with Gasteiger partial charge in [-0.05, 0) is 32.1 Å². The summed E-state index contributed by atoms with van der Waals surface area (Å²) >= 11 is 0. The van der Waals surface area contributed by atoms with Crippen LogP contribution in [0.2, 0.25) is 0 Å². The molecule has 96 valence electrons. The molecule has 0 heterocycles. The van der Waals surface area contributed by atoms with Gasteiger partial charge in [0.05, 0.1) is 5.92 Å². The van der Waals surface area contributed by atoms with Crippen LogP contribution in [0.3, 0.4) is 0 Å². The molecule has 4 aliphatic carbocycles. The fourth-order valence-electron chi connectivity index (χ4n) is 3.80. The molecule has 4 atom stereocenters. The zero-order valence-electron chi connectivity index (χ0n) is 10.4. The fraction of sp³-hybridized carbons (Fsp3) is 0.643. The Hall–Kier alpha value is -1.45. The summed E-state index contributed by atoms with van der Waals surface area (Å²) in [6.45, 7) is 5.11. The van der Waals surface area contributed by atoms with E-state index in [0.29, 0.717) is 30.8 Å². The molecule has 4 rings (SSSR count). The van der Waals surface area contributed by atoms with Crippen LogP contribution >= 0.6 is 0 Å². The molecule has 0 aliphatic heterocycles. The standard InChI is InChI=1S/C14H16O4/c1-7(2)13(17)18-14-5-8-3-9(6-14)11(15)10(4-8)12(14)16/h8-10H,1,3-6H2,2H3. The third-order valence-electron chi connectivity index (χ3n) is 4.53. The van der Waals surface area contributed by atoms with Gasteiger partial charge in [-0.3, -0.25) is 9.59 Å². The van der Waals surface area contributed by atoms with E-state index >= 15 is 0 Å². The van der Waals surface area contributed by atoms with Gasteiger partial charge in [-0.15, -0.1) is 0 Å². The average Bonchev–Trinajstić information content (AvgIpc) is 2.30. The lowest BCUT2D eigenvalue weighted by Gasteiger charge is -2.53. The maximum Gasteiger partial charge on any atom is 0.334 e. The summed E-state index contributed by atoms with van der Waals surface area (Å²) in [6.07, 6.45) is 2.48. The molecule has 4 unspecified atom stereocenters. The number of ether oxygens (including phenoxy) is 1. The Morgan fingerprint density at radius 3 is 2.72 bits per heavy atom. The van der Waals surface area contributed by atoms with Crippen LogP contribution in [-0.2, 0) is 19.1 Å². The molecule has 0 N–H and O–H groups in total. The second-order valence-corrected chi connectivity index (χ2v) is 5.93. The molecule has 4 nitrogen and oxygen atoms in total. The van der Waals surface area contributed by atoms with Crippen molar-refractivity contribution in [3.8, 4) is 0 Å². The molecule has 0 aromatic rings. The SMILES string of the molecule is C=C(C)C(=O)OC12CC3CC(C1)C(=O)C(C3)C2=O. The van der Waals surface area contributed by atoms with Gasteiger partial charge in [0.25, 0.3) is 0 Å². The quantitative estimate of drug-likeness (QED) is 0.421. The van der Waals surface area contributed by atoms with E-state index in [1.54, 1.807) is 6.92 Å². The Morgan fingerprint density at radius 2 is 2.06 bits per heavy atom. The molecular formula is C14H16O4. The number of carbonyl (C=O) groups is 3. The van der Waals surface area contributed by atoms with E-state index in [1.165, 1.54) is 0 Å². The first-order valence-corrected chi connectivity index (χ1v) is 6.40. The molecule has 4 heteroatoms. The molecule has 0 spiro atoms. The van der Waals surface area contributed by atoms with E-state index in [2.05, 4.69) is 6.58 Å². The molecule has 0 aromatic heterocycles. The van der Waals surface area contributed by atoms with Crippen molar-refractivity contribution < 1.29 is 19.1 Å². The van der Waals surface area contributed by atoms with Crippen LogP contribution in [0.5, 0.6) is 0 Å². The summed E-state index contributed by atoms with van der Waals surface area (Å²) < 4.78 is 5.43. The van der Waals surface area contributed by atoms with Gasteiger partial charge in [0.1, 0.15) is 5.78 Å². The van der Waals surface area contributed by atoms with Crippen molar-refractivity contribution in [3.05, 3.63) is 12.2 Å². The molecule has 4 aliphatic rings.